The van der Waals surface area contributed by atoms with Gasteiger partial charge in [0, 0.05) is 11.4 Å². The molecule has 7 heteroatoms. The molecular formula is C12H13ClFNO3S. The van der Waals surface area contributed by atoms with Crippen LogP contribution in [0.1, 0.15) is 12.8 Å². The highest BCUT2D eigenvalue weighted by atomic mass is 35.5. The van der Waals surface area contributed by atoms with Crippen LogP contribution in [-0.4, -0.2) is 25.8 Å². The first-order valence-corrected chi connectivity index (χ1v) is 8.01. The lowest BCUT2D eigenvalue weighted by Gasteiger charge is -2.09. The van der Waals surface area contributed by atoms with E-state index >= 15 is 0 Å². The fraction of sp³-hybridized carbons (Fsp3) is 0.417. The van der Waals surface area contributed by atoms with Crippen LogP contribution in [0.2, 0.25) is 5.02 Å². The predicted molar refractivity (Wildman–Crippen MR) is 71.4 cm³/mol. The van der Waals surface area contributed by atoms with E-state index in [4.69, 9.17) is 11.6 Å². The molecule has 0 spiro atoms. The lowest BCUT2D eigenvalue weighted by atomic mass is 10.1. The van der Waals surface area contributed by atoms with Crippen LogP contribution in [-0.2, 0) is 14.6 Å². The minimum atomic E-state index is -3.00. The van der Waals surface area contributed by atoms with Crippen molar-refractivity contribution in [3.05, 3.63) is 29.0 Å². The third kappa shape index (κ3) is 3.91. The number of carbonyl (C=O) groups excluding carboxylic acids is 1. The summed E-state index contributed by atoms with van der Waals surface area (Å²) in [6, 6.07) is 3.96. The number of hydrogen-bond donors (Lipinski definition) is 1. The Kier molecular flexibility index (Phi) is 4.10. The molecule has 1 atom stereocenters. The van der Waals surface area contributed by atoms with Crippen molar-refractivity contribution in [2.45, 2.75) is 12.8 Å². The summed E-state index contributed by atoms with van der Waals surface area (Å²) in [5.74, 6) is -1.02. The molecule has 0 unspecified atom stereocenters. The molecule has 1 aliphatic heterocycles. The van der Waals surface area contributed by atoms with Gasteiger partial charge in [0.1, 0.15) is 5.82 Å². The minimum absolute atomic E-state index is 0.0313. The summed E-state index contributed by atoms with van der Waals surface area (Å²) >= 11 is 5.60. The lowest BCUT2D eigenvalue weighted by Crippen LogP contribution is -2.18. The summed E-state index contributed by atoms with van der Waals surface area (Å²) < 4.78 is 36.0. The molecule has 0 bridgehead atoms. The Morgan fingerprint density at radius 3 is 2.79 bits per heavy atom. The number of amides is 1. The molecule has 0 aliphatic carbocycles. The molecular weight excluding hydrogens is 293 g/mol. The highest BCUT2D eigenvalue weighted by Crippen LogP contribution is 2.23. The average Bonchev–Trinajstić information content (AvgIpc) is 2.62. The van der Waals surface area contributed by atoms with Gasteiger partial charge in [0.05, 0.1) is 17.2 Å². The van der Waals surface area contributed by atoms with Gasteiger partial charge < -0.3 is 5.32 Å². The van der Waals surface area contributed by atoms with Crippen LogP contribution in [0.25, 0.3) is 0 Å². The van der Waals surface area contributed by atoms with Crippen molar-refractivity contribution in [3.8, 4) is 0 Å². The second-order valence-corrected chi connectivity index (χ2v) is 7.31. The lowest BCUT2D eigenvalue weighted by molar-refractivity contribution is -0.116. The first-order valence-electron chi connectivity index (χ1n) is 5.81. The number of rotatable bonds is 3. The molecule has 1 saturated heterocycles. The fourth-order valence-electron chi connectivity index (χ4n) is 2.09. The fourth-order valence-corrected chi connectivity index (χ4v) is 4.11. The molecule has 1 aliphatic rings. The van der Waals surface area contributed by atoms with Crippen LogP contribution in [0.3, 0.4) is 0 Å². The van der Waals surface area contributed by atoms with Gasteiger partial charge in [-0.1, -0.05) is 11.6 Å². The molecule has 0 saturated carbocycles. The maximum absolute atomic E-state index is 13.5. The molecule has 4 nitrogen and oxygen atoms in total. The van der Waals surface area contributed by atoms with Crippen molar-refractivity contribution in [2.24, 2.45) is 5.92 Å². The van der Waals surface area contributed by atoms with E-state index in [0.29, 0.717) is 6.42 Å². The van der Waals surface area contributed by atoms with Gasteiger partial charge in [-0.25, -0.2) is 12.8 Å². The van der Waals surface area contributed by atoms with E-state index in [2.05, 4.69) is 5.32 Å². The molecule has 0 aromatic heterocycles. The molecule has 1 aromatic rings. The van der Waals surface area contributed by atoms with E-state index in [1.54, 1.807) is 0 Å². The molecule has 1 N–H and O–H groups in total. The number of benzene rings is 1. The predicted octanol–water partition coefficient (Wildman–Crippen LogP) is 2.24. The second-order valence-electron chi connectivity index (χ2n) is 4.65. The largest absolute Gasteiger partial charge is 0.324 e. The zero-order valence-corrected chi connectivity index (χ0v) is 11.6. The third-order valence-electron chi connectivity index (χ3n) is 3.01. The Balaban J connectivity index is 1.95. The summed E-state index contributed by atoms with van der Waals surface area (Å²) in [6.45, 7) is 0. The van der Waals surface area contributed by atoms with Crippen LogP contribution in [0.4, 0.5) is 10.1 Å². The quantitative estimate of drug-likeness (QED) is 0.931. The first-order chi connectivity index (χ1) is 8.85. The zero-order chi connectivity index (χ0) is 14.0. The maximum atomic E-state index is 13.5. The monoisotopic (exact) mass is 305 g/mol. The summed E-state index contributed by atoms with van der Waals surface area (Å²) in [4.78, 5) is 11.7. The van der Waals surface area contributed by atoms with Gasteiger partial charge in [-0.05, 0) is 30.5 Å². The average molecular weight is 306 g/mol. The van der Waals surface area contributed by atoms with Gasteiger partial charge >= 0.3 is 0 Å². The van der Waals surface area contributed by atoms with E-state index in [9.17, 15) is 17.6 Å². The van der Waals surface area contributed by atoms with E-state index < -0.39 is 15.7 Å². The van der Waals surface area contributed by atoms with Gasteiger partial charge in [-0.2, -0.15) is 0 Å². The number of sulfone groups is 1. The van der Waals surface area contributed by atoms with E-state index in [0.717, 1.165) is 6.07 Å². The van der Waals surface area contributed by atoms with Crippen molar-refractivity contribution < 1.29 is 17.6 Å². The third-order valence-corrected chi connectivity index (χ3v) is 5.08. The maximum Gasteiger partial charge on any atom is 0.224 e. The Morgan fingerprint density at radius 1 is 1.47 bits per heavy atom. The van der Waals surface area contributed by atoms with Crippen LogP contribution in [0, 0.1) is 11.7 Å². The molecule has 1 aromatic carbocycles. The molecule has 0 radical (unpaired) electrons. The Labute approximate surface area is 115 Å². The summed E-state index contributed by atoms with van der Waals surface area (Å²) in [5, 5.41) is 2.67. The normalized spacial score (nSPS) is 21.3. The molecule has 2 rings (SSSR count). The van der Waals surface area contributed by atoms with Crippen molar-refractivity contribution in [1.29, 1.82) is 0 Å². The topological polar surface area (TPSA) is 63.2 Å². The highest BCUT2D eigenvalue weighted by molar-refractivity contribution is 7.91. The summed E-state index contributed by atoms with van der Waals surface area (Å²) in [5.41, 5.74) is 0.0512. The molecule has 1 amide bonds. The smallest absolute Gasteiger partial charge is 0.224 e. The van der Waals surface area contributed by atoms with Gasteiger partial charge in [0.15, 0.2) is 9.84 Å². The van der Waals surface area contributed by atoms with Crippen molar-refractivity contribution >= 4 is 33.0 Å². The number of halogens is 2. The summed E-state index contributed by atoms with van der Waals surface area (Å²) in [6.07, 6.45) is 0.570. The van der Waals surface area contributed by atoms with Crippen LogP contribution in [0.5, 0.6) is 0 Å². The zero-order valence-electron chi connectivity index (χ0n) is 10.0. The van der Waals surface area contributed by atoms with E-state index in [1.807, 2.05) is 0 Å². The first kappa shape index (κ1) is 14.3. The molecule has 19 heavy (non-hydrogen) atoms. The standard InChI is InChI=1S/C12H13ClFNO3S/c13-9-1-2-11(10(14)6-9)15-12(16)5-8-3-4-19(17,18)7-8/h1-2,6,8H,3-5,7H2,(H,15,16)/t8-/m0/s1. The molecule has 104 valence electrons. The second kappa shape index (κ2) is 5.46. The van der Waals surface area contributed by atoms with Crippen LogP contribution < -0.4 is 5.32 Å². The Hall–Kier alpha value is -1.14. The van der Waals surface area contributed by atoms with Crippen molar-refractivity contribution in [2.75, 3.05) is 16.8 Å². The minimum Gasteiger partial charge on any atom is -0.324 e. The molecule has 1 fully saturated rings. The summed E-state index contributed by atoms with van der Waals surface area (Å²) in [7, 11) is -3.00. The van der Waals surface area contributed by atoms with Gasteiger partial charge in [0.2, 0.25) is 5.91 Å². The van der Waals surface area contributed by atoms with Crippen LogP contribution >= 0.6 is 11.6 Å². The van der Waals surface area contributed by atoms with Gasteiger partial charge in [-0.15, -0.1) is 0 Å². The highest BCUT2D eigenvalue weighted by Gasteiger charge is 2.29. The van der Waals surface area contributed by atoms with Crippen molar-refractivity contribution in [1.82, 2.24) is 0 Å². The number of carbonyl (C=O) groups is 1. The van der Waals surface area contributed by atoms with Crippen molar-refractivity contribution in [3.63, 3.8) is 0 Å². The Morgan fingerprint density at radius 2 is 2.21 bits per heavy atom. The van der Waals surface area contributed by atoms with E-state index in [-0.39, 0.29) is 40.5 Å². The van der Waals surface area contributed by atoms with E-state index in [1.165, 1.54) is 12.1 Å². The van der Waals surface area contributed by atoms with Gasteiger partial charge in [0.25, 0.3) is 0 Å². The number of hydrogen-bond acceptors (Lipinski definition) is 3. The van der Waals surface area contributed by atoms with Crippen LogP contribution in [0.15, 0.2) is 18.2 Å². The SMILES string of the molecule is O=C(C[C@@H]1CCS(=O)(=O)C1)Nc1ccc(Cl)cc1F. The number of anilines is 1. The molecule has 1 heterocycles. The van der Waals surface area contributed by atoms with Gasteiger partial charge in [-0.3, -0.25) is 4.79 Å². The number of nitrogens with one attached hydrogen (secondary N) is 1. The Bertz CT molecular complexity index is 603.